The third kappa shape index (κ3) is 5.80. The Morgan fingerprint density at radius 2 is 1.88 bits per heavy atom. The van der Waals surface area contributed by atoms with Gasteiger partial charge in [0.25, 0.3) is 0 Å². The van der Waals surface area contributed by atoms with Crippen LogP contribution in [0.5, 0.6) is 0 Å². The van der Waals surface area contributed by atoms with Gasteiger partial charge in [0.1, 0.15) is 5.82 Å². The van der Waals surface area contributed by atoms with Crippen molar-refractivity contribution in [3.63, 3.8) is 0 Å². The van der Waals surface area contributed by atoms with Crippen molar-refractivity contribution in [3.05, 3.63) is 35.1 Å². The van der Waals surface area contributed by atoms with Crippen LogP contribution in [0.1, 0.15) is 30.9 Å². The molecule has 96 valence electrons. The van der Waals surface area contributed by atoms with Crippen LogP contribution in [-0.4, -0.2) is 19.6 Å². The van der Waals surface area contributed by atoms with Crippen LogP contribution >= 0.6 is 0 Å². The van der Waals surface area contributed by atoms with E-state index >= 15 is 0 Å². The SMILES string of the molecule is CCCNCCCNCc1cc(C)ccc1F. The van der Waals surface area contributed by atoms with Gasteiger partial charge in [-0.3, -0.25) is 0 Å². The fourth-order valence-electron chi connectivity index (χ4n) is 1.70. The van der Waals surface area contributed by atoms with Gasteiger partial charge in [-0.15, -0.1) is 0 Å². The zero-order valence-corrected chi connectivity index (χ0v) is 10.9. The minimum Gasteiger partial charge on any atom is -0.317 e. The molecule has 2 nitrogen and oxygen atoms in total. The molecule has 2 N–H and O–H groups in total. The fraction of sp³-hybridized carbons (Fsp3) is 0.571. The van der Waals surface area contributed by atoms with Crippen molar-refractivity contribution in [3.8, 4) is 0 Å². The van der Waals surface area contributed by atoms with E-state index in [1.807, 2.05) is 13.0 Å². The highest BCUT2D eigenvalue weighted by Gasteiger charge is 2.00. The maximum Gasteiger partial charge on any atom is 0.127 e. The molecule has 17 heavy (non-hydrogen) atoms. The highest BCUT2D eigenvalue weighted by molar-refractivity contribution is 5.23. The molecule has 0 saturated heterocycles. The molecule has 1 aromatic carbocycles. The van der Waals surface area contributed by atoms with Crippen molar-refractivity contribution in [2.24, 2.45) is 0 Å². The van der Waals surface area contributed by atoms with Crippen LogP contribution in [0.2, 0.25) is 0 Å². The maximum atomic E-state index is 13.4. The Morgan fingerprint density at radius 3 is 2.65 bits per heavy atom. The van der Waals surface area contributed by atoms with E-state index in [9.17, 15) is 4.39 Å². The maximum absolute atomic E-state index is 13.4. The van der Waals surface area contributed by atoms with Gasteiger partial charge in [0, 0.05) is 12.1 Å². The van der Waals surface area contributed by atoms with Crippen molar-refractivity contribution in [2.75, 3.05) is 19.6 Å². The first-order valence-corrected chi connectivity index (χ1v) is 6.40. The van der Waals surface area contributed by atoms with Crippen LogP contribution < -0.4 is 10.6 Å². The molecule has 0 aliphatic carbocycles. The van der Waals surface area contributed by atoms with Crippen molar-refractivity contribution in [2.45, 2.75) is 33.2 Å². The molecule has 1 rings (SSSR count). The smallest absolute Gasteiger partial charge is 0.127 e. The Bertz CT molecular complexity index is 326. The number of hydrogen-bond donors (Lipinski definition) is 2. The molecule has 0 aliphatic heterocycles. The molecule has 0 radical (unpaired) electrons. The molecule has 0 unspecified atom stereocenters. The Balaban J connectivity index is 2.15. The molecule has 1 aromatic rings. The Hall–Kier alpha value is -0.930. The van der Waals surface area contributed by atoms with Crippen LogP contribution in [0.15, 0.2) is 18.2 Å². The lowest BCUT2D eigenvalue weighted by molar-refractivity contribution is 0.566. The summed E-state index contributed by atoms with van der Waals surface area (Å²) in [6, 6.07) is 5.24. The summed E-state index contributed by atoms with van der Waals surface area (Å²) >= 11 is 0. The van der Waals surface area contributed by atoms with E-state index in [0.29, 0.717) is 6.54 Å². The summed E-state index contributed by atoms with van der Waals surface area (Å²) < 4.78 is 13.4. The van der Waals surface area contributed by atoms with Crippen molar-refractivity contribution >= 4 is 0 Å². The molecule has 0 spiro atoms. The molecule has 0 aromatic heterocycles. The van der Waals surface area contributed by atoms with E-state index in [4.69, 9.17) is 0 Å². The topological polar surface area (TPSA) is 24.1 Å². The average Bonchev–Trinajstić information content (AvgIpc) is 2.32. The van der Waals surface area contributed by atoms with Gasteiger partial charge in [-0.25, -0.2) is 4.39 Å². The number of aryl methyl sites for hydroxylation is 1. The normalized spacial score (nSPS) is 10.8. The second-order valence-electron chi connectivity index (χ2n) is 4.38. The van der Waals surface area contributed by atoms with E-state index in [1.165, 1.54) is 12.5 Å². The lowest BCUT2D eigenvalue weighted by Gasteiger charge is -2.07. The molecule has 0 fully saturated rings. The van der Waals surface area contributed by atoms with Gasteiger partial charge in [-0.05, 0) is 45.5 Å². The summed E-state index contributed by atoms with van der Waals surface area (Å²) in [5.74, 6) is -0.118. The molecule has 0 atom stereocenters. The molecule has 0 heterocycles. The summed E-state index contributed by atoms with van der Waals surface area (Å²) in [6.45, 7) is 7.78. The Morgan fingerprint density at radius 1 is 1.12 bits per heavy atom. The van der Waals surface area contributed by atoms with E-state index in [-0.39, 0.29) is 5.82 Å². The summed E-state index contributed by atoms with van der Waals surface area (Å²) in [5, 5.41) is 6.61. The van der Waals surface area contributed by atoms with Crippen LogP contribution in [-0.2, 0) is 6.54 Å². The van der Waals surface area contributed by atoms with Crippen LogP contribution in [0, 0.1) is 12.7 Å². The molecule has 0 saturated carbocycles. The largest absolute Gasteiger partial charge is 0.317 e. The molecular formula is C14H23FN2. The van der Waals surface area contributed by atoms with E-state index < -0.39 is 0 Å². The second kappa shape index (κ2) is 8.20. The predicted molar refractivity (Wildman–Crippen MR) is 70.6 cm³/mol. The van der Waals surface area contributed by atoms with Crippen LogP contribution in [0.3, 0.4) is 0 Å². The van der Waals surface area contributed by atoms with E-state index in [2.05, 4.69) is 17.6 Å². The summed E-state index contributed by atoms with van der Waals surface area (Å²) in [5.41, 5.74) is 1.86. The zero-order valence-electron chi connectivity index (χ0n) is 10.9. The van der Waals surface area contributed by atoms with Gasteiger partial charge in [0.2, 0.25) is 0 Å². The predicted octanol–water partition coefficient (Wildman–Crippen LogP) is 2.61. The molecule has 3 heteroatoms. The number of rotatable bonds is 8. The van der Waals surface area contributed by atoms with Crippen LogP contribution in [0.4, 0.5) is 4.39 Å². The van der Waals surface area contributed by atoms with Crippen molar-refractivity contribution in [1.82, 2.24) is 10.6 Å². The van der Waals surface area contributed by atoms with Gasteiger partial charge >= 0.3 is 0 Å². The molecular weight excluding hydrogens is 215 g/mol. The quantitative estimate of drug-likeness (QED) is 0.680. The highest BCUT2D eigenvalue weighted by atomic mass is 19.1. The van der Waals surface area contributed by atoms with Gasteiger partial charge in [0.15, 0.2) is 0 Å². The van der Waals surface area contributed by atoms with E-state index in [1.54, 1.807) is 6.07 Å². The zero-order chi connectivity index (χ0) is 12.5. The van der Waals surface area contributed by atoms with Gasteiger partial charge in [-0.1, -0.05) is 24.6 Å². The molecule has 0 amide bonds. The number of benzene rings is 1. The second-order valence-corrected chi connectivity index (χ2v) is 4.38. The number of nitrogens with one attached hydrogen (secondary N) is 2. The minimum atomic E-state index is -0.118. The third-order valence-electron chi connectivity index (χ3n) is 2.65. The monoisotopic (exact) mass is 238 g/mol. The van der Waals surface area contributed by atoms with Crippen molar-refractivity contribution < 1.29 is 4.39 Å². The van der Waals surface area contributed by atoms with Gasteiger partial charge in [0.05, 0.1) is 0 Å². The molecule has 0 bridgehead atoms. The lowest BCUT2D eigenvalue weighted by atomic mass is 10.1. The number of hydrogen-bond acceptors (Lipinski definition) is 2. The molecule has 0 aliphatic rings. The standard InChI is InChI=1S/C14H23FN2/c1-3-7-16-8-4-9-17-11-13-10-12(2)5-6-14(13)15/h5-6,10,16-17H,3-4,7-9,11H2,1-2H3. The van der Waals surface area contributed by atoms with Gasteiger partial charge < -0.3 is 10.6 Å². The third-order valence-corrected chi connectivity index (χ3v) is 2.65. The Kier molecular flexibility index (Phi) is 6.82. The highest BCUT2D eigenvalue weighted by Crippen LogP contribution is 2.09. The summed E-state index contributed by atoms with van der Waals surface area (Å²) in [4.78, 5) is 0. The van der Waals surface area contributed by atoms with E-state index in [0.717, 1.165) is 37.2 Å². The fourth-order valence-corrected chi connectivity index (χ4v) is 1.70. The summed E-state index contributed by atoms with van der Waals surface area (Å²) in [7, 11) is 0. The summed E-state index contributed by atoms with van der Waals surface area (Å²) in [6.07, 6.45) is 2.25. The minimum absolute atomic E-state index is 0.118. The first-order chi connectivity index (χ1) is 8.24. The lowest BCUT2D eigenvalue weighted by Crippen LogP contribution is -2.22. The first kappa shape index (κ1) is 14.1. The average molecular weight is 238 g/mol. The Labute approximate surface area is 104 Å². The first-order valence-electron chi connectivity index (χ1n) is 6.40. The van der Waals surface area contributed by atoms with Gasteiger partial charge in [-0.2, -0.15) is 0 Å². The number of halogens is 1. The van der Waals surface area contributed by atoms with Crippen LogP contribution in [0.25, 0.3) is 0 Å². The van der Waals surface area contributed by atoms with Crippen molar-refractivity contribution in [1.29, 1.82) is 0 Å².